The van der Waals surface area contributed by atoms with Crippen LogP contribution in [0.2, 0.25) is 0 Å². The number of methoxy groups -OCH3 is 1. The summed E-state index contributed by atoms with van der Waals surface area (Å²) in [5.41, 5.74) is 4.61. The van der Waals surface area contributed by atoms with Crippen molar-refractivity contribution >= 4 is 0 Å². The van der Waals surface area contributed by atoms with E-state index in [4.69, 9.17) is 10.6 Å². The standard InChI is InChI=1S/C13H20N2O/c1-13(6-7-13)12(15-14)9-10-4-3-5-11(8-10)16-2/h3-5,8,12,15H,6-7,9,14H2,1-2H3. The van der Waals surface area contributed by atoms with Gasteiger partial charge in [-0.3, -0.25) is 11.3 Å². The smallest absolute Gasteiger partial charge is 0.119 e. The van der Waals surface area contributed by atoms with E-state index in [1.165, 1.54) is 18.4 Å². The van der Waals surface area contributed by atoms with Gasteiger partial charge in [-0.15, -0.1) is 0 Å². The summed E-state index contributed by atoms with van der Waals surface area (Å²) < 4.78 is 5.22. The number of benzene rings is 1. The molecule has 3 nitrogen and oxygen atoms in total. The van der Waals surface area contributed by atoms with Gasteiger partial charge in [-0.25, -0.2) is 0 Å². The maximum atomic E-state index is 5.64. The van der Waals surface area contributed by atoms with Crippen molar-refractivity contribution in [1.29, 1.82) is 0 Å². The first-order valence-electron chi connectivity index (χ1n) is 5.77. The molecule has 1 atom stereocenters. The number of hydrazine groups is 1. The van der Waals surface area contributed by atoms with Gasteiger partial charge in [-0.05, 0) is 42.4 Å². The summed E-state index contributed by atoms with van der Waals surface area (Å²) in [6.45, 7) is 2.29. The fraction of sp³-hybridized carbons (Fsp3) is 0.538. The van der Waals surface area contributed by atoms with Gasteiger partial charge >= 0.3 is 0 Å². The van der Waals surface area contributed by atoms with Gasteiger partial charge < -0.3 is 4.74 Å². The van der Waals surface area contributed by atoms with Crippen molar-refractivity contribution in [2.75, 3.05) is 7.11 Å². The number of nitrogens with two attached hydrogens (primary N) is 1. The molecule has 0 radical (unpaired) electrons. The van der Waals surface area contributed by atoms with Crippen LogP contribution in [0.4, 0.5) is 0 Å². The molecule has 1 aliphatic rings. The molecule has 0 saturated heterocycles. The fourth-order valence-electron chi connectivity index (χ4n) is 2.09. The summed E-state index contributed by atoms with van der Waals surface area (Å²) in [6.07, 6.45) is 3.50. The van der Waals surface area contributed by atoms with Crippen LogP contribution in [0, 0.1) is 5.41 Å². The number of hydrogen-bond donors (Lipinski definition) is 2. The molecular weight excluding hydrogens is 200 g/mol. The van der Waals surface area contributed by atoms with Crippen LogP contribution in [-0.4, -0.2) is 13.2 Å². The molecule has 0 spiro atoms. The minimum Gasteiger partial charge on any atom is -0.497 e. The second-order valence-electron chi connectivity index (χ2n) is 4.93. The molecule has 3 heteroatoms. The lowest BCUT2D eigenvalue weighted by atomic mass is 9.93. The van der Waals surface area contributed by atoms with Gasteiger partial charge in [0.25, 0.3) is 0 Å². The van der Waals surface area contributed by atoms with Gasteiger partial charge in [0.1, 0.15) is 5.75 Å². The fourth-order valence-corrected chi connectivity index (χ4v) is 2.09. The second-order valence-corrected chi connectivity index (χ2v) is 4.93. The SMILES string of the molecule is COc1cccc(CC(NN)C2(C)CC2)c1. The third kappa shape index (κ3) is 2.36. The number of nitrogens with one attached hydrogen (secondary N) is 1. The Kier molecular flexibility index (Phi) is 3.17. The maximum Gasteiger partial charge on any atom is 0.119 e. The molecule has 88 valence electrons. The molecule has 0 heterocycles. The predicted molar refractivity (Wildman–Crippen MR) is 65.2 cm³/mol. The summed E-state index contributed by atoms with van der Waals surface area (Å²) in [4.78, 5) is 0. The first-order valence-corrected chi connectivity index (χ1v) is 5.77. The molecule has 0 aromatic heterocycles. The van der Waals surface area contributed by atoms with E-state index in [0.29, 0.717) is 11.5 Å². The Morgan fingerprint density at radius 3 is 2.81 bits per heavy atom. The molecule has 2 rings (SSSR count). The average Bonchev–Trinajstić information content (AvgIpc) is 3.05. The van der Waals surface area contributed by atoms with Crippen LogP contribution in [0.15, 0.2) is 24.3 Å². The zero-order valence-electron chi connectivity index (χ0n) is 9.99. The summed E-state index contributed by atoms with van der Waals surface area (Å²) in [6, 6.07) is 8.55. The Hall–Kier alpha value is -1.06. The zero-order chi connectivity index (χ0) is 11.6. The van der Waals surface area contributed by atoms with Crippen LogP contribution in [-0.2, 0) is 6.42 Å². The second kappa shape index (κ2) is 4.44. The van der Waals surface area contributed by atoms with E-state index in [9.17, 15) is 0 Å². The number of ether oxygens (including phenoxy) is 1. The van der Waals surface area contributed by atoms with Crippen LogP contribution in [0.3, 0.4) is 0 Å². The van der Waals surface area contributed by atoms with Crippen LogP contribution in [0.1, 0.15) is 25.3 Å². The van der Waals surface area contributed by atoms with Crippen molar-refractivity contribution in [1.82, 2.24) is 5.43 Å². The Balaban J connectivity index is 2.06. The molecule has 3 N–H and O–H groups in total. The number of hydrogen-bond acceptors (Lipinski definition) is 3. The van der Waals surface area contributed by atoms with Crippen molar-refractivity contribution in [3.8, 4) is 5.75 Å². The van der Waals surface area contributed by atoms with Crippen molar-refractivity contribution in [2.24, 2.45) is 11.3 Å². The first kappa shape index (κ1) is 11.4. The van der Waals surface area contributed by atoms with E-state index < -0.39 is 0 Å². The largest absolute Gasteiger partial charge is 0.497 e. The molecule has 1 saturated carbocycles. The Labute approximate surface area is 97.0 Å². The quantitative estimate of drug-likeness (QED) is 0.588. The van der Waals surface area contributed by atoms with Crippen molar-refractivity contribution in [3.05, 3.63) is 29.8 Å². The van der Waals surface area contributed by atoms with Crippen LogP contribution >= 0.6 is 0 Å². The summed E-state index contributed by atoms with van der Waals surface area (Å²) in [5.74, 6) is 6.55. The van der Waals surface area contributed by atoms with Crippen molar-refractivity contribution < 1.29 is 4.74 Å². The van der Waals surface area contributed by atoms with E-state index in [1.54, 1.807) is 7.11 Å². The average molecular weight is 220 g/mol. The van der Waals surface area contributed by atoms with E-state index in [-0.39, 0.29) is 0 Å². The topological polar surface area (TPSA) is 47.3 Å². The minimum absolute atomic E-state index is 0.361. The molecular formula is C13H20N2O. The van der Waals surface area contributed by atoms with E-state index in [2.05, 4.69) is 24.5 Å². The normalized spacial score (nSPS) is 19.2. The monoisotopic (exact) mass is 220 g/mol. The summed E-state index contributed by atoms with van der Waals surface area (Å²) in [7, 11) is 1.69. The molecule has 1 fully saturated rings. The third-order valence-electron chi connectivity index (χ3n) is 3.66. The highest BCUT2D eigenvalue weighted by Crippen LogP contribution is 2.48. The highest BCUT2D eigenvalue weighted by atomic mass is 16.5. The Morgan fingerprint density at radius 1 is 1.50 bits per heavy atom. The Morgan fingerprint density at radius 2 is 2.25 bits per heavy atom. The van der Waals surface area contributed by atoms with Gasteiger partial charge in [0.05, 0.1) is 7.11 Å². The van der Waals surface area contributed by atoms with Gasteiger partial charge in [-0.1, -0.05) is 19.1 Å². The van der Waals surface area contributed by atoms with Crippen LogP contribution in [0.25, 0.3) is 0 Å². The van der Waals surface area contributed by atoms with Crippen LogP contribution in [0.5, 0.6) is 5.75 Å². The van der Waals surface area contributed by atoms with Crippen molar-refractivity contribution in [2.45, 2.75) is 32.2 Å². The molecule has 16 heavy (non-hydrogen) atoms. The highest BCUT2D eigenvalue weighted by Gasteiger charge is 2.44. The molecule has 1 aliphatic carbocycles. The summed E-state index contributed by atoms with van der Waals surface area (Å²) >= 11 is 0. The van der Waals surface area contributed by atoms with Gasteiger partial charge in [0.15, 0.2) is 0 Å². The zero-order valence-corrected chi connectivity index (χ0v) is 9.99. The van der Waals surface area contributed by atoms with E-state index >= 15 is 0 Å². The molecule has 1 aromatic carbocycles. The third-order valence-corrected chi connectivity index (χ3v) is 3.66. The van der Waals surface area contributed by atoms with E-state index in [0.717, 1.165) is 12.2 Å². The molecule has 0 bridgehead atoms. The predicted octanol–water partition coefficient (Wildman–Crippen LogP) is 1.87. The lowest BCUT2D eigenvalue weighted by molar-refractivity contribution is 0.358. The first-order chi connectivity index (χ1) is 7.68. The van der Waals surface area contributed by atoms with Crippen LogP contribution < -0.4 is 16.0 Å². The van der Waals surface area contributed by atoms with Gasteiger partial charge in [-0.2, -0.15) is 0 Å². The molecule has 0 amide bonds. The lowest BCUT2D eigenvalue weighted by Crippen LogP contribution is -2.42. The Bertz CT molecular complexity index is 361. The lowest BCUT2D eigenvalue weighted by Gasteiger charge is -2.22. The minimum atomic E-state index is 0.361. The maximum absolute atomic E-state index is 5.64. The van der Waals surface area contributed by atoms with Gasteiger partial charge in [0.2, 0.25) is 0 Å². The highest BCUT2D eigenvalue weighted by molar-refractivity contribution is 5.29. The van der Waals surface area contributed by atoms with Crippen molar-refractivity contribution in [3.63, 3.8) is 0 Å². The van der Waals surface area contributed by atoms with Gasteiger partial charge in [0, 0.05) is 6.04 Å². The molecule has 1 unspecified atom stereocenters. The molecule has 1 aromatic rings. The number of rotatable bonds is 5. The van der Waals surface area contributed by atoms with E-state index in [1.807, 2.05) is 12.1 Å². The molecule has 0 aliphatic heterocycles. The summed E-state index contributed by atoms with van der Waals surface area (Å²) in [5, 5.41) is 0.